The minimum absolute atomic E-state index is 0.0584. The monoisotopic (exact) mass is 485 g/mol. The van der Waals surface area contributed by atoms with Gasteiger partial charge in [0.1, 0.15) is 6.61 Å². The van der Waals surface area contributed by atoms with E-state index in [2.05, 4.69) is 11.4 Å². The molecular weight excluding hydrogens is 458 g/mol. The van der Waals surface area contributed by atoms with Crippen molar-refractivity contribution in [3.8, 4) is 0 Å². The fourth-order valence-electron chi connectivity index (χ4n) is 4.52. The van der Waals surface area contributed by atoms with E-state index in [1.165, 1.54) is 4.88 Å². The van der Waals surface area contributed by atoms with Crippen LogP contribution in [0, 0.1) is 0 Å². The molecule has 0 amide bonds. The zero-order chi connectivity index (χ0) is 23.5. The van der Waals surface area contributed by atoms with Crippen LogP contribution in [-0.2, 0) is 19.1 Å². The smallest absolute Gasteiger partial charge is 0.336 e. The van der Waals surface area contributed by atoms with Crippen molar-refractivity contribution >= 4 is 34.7 Å². The van der Waals surface area contributed by atoms with Crippen molar-refractivity contribution in [1.29, 1.82) is 0 Å². The number of hydrogen-bond acceptors (Lipinski definition) is 6. The summed E-state index contributed by atoms with van der Waals surface area (Å²) in [4.78, 5) is 27.9. The lowest BCUT2D eigenvalue weighted by Crippen LogP contribution is -2.36. The number of ketones is 1. The van der Waals surface area contributed by atoms with Gasteiger partial charge in [-0.2, -0.15) is 0 Å². The summed E-state index contributed by atoms with van der Waals surface area (Å²) in [5, 5.41) is 6.02. The summed E-state index contributed by atoms with van der Waals surface area (Å²) >= 11 is 7.80. The number of carbonyl (C=O) groups is 2. The Balaban J connectivity index is 1.67. The van der Waals surface area contributed by atoms with E-state index in [1.54, 1.807) is 23.5 Å². The predicted octanol–water partition coefficient (Wildman–Crippen LogP) is 5.73. The molecule has 0 fully saturated rings. The maximum Gasteiger partial charge on any atom is 0.336 e. The molecule has 1 aromatic heterocycles. The Hall–Kier alpha value is -2.41. The second-order valence-corrected chi connectivity index (χ2v) is 10.1. The fraction of sp³-hybridized carbons (Fsp3) is 0.385. The molecule has 2 aliphatic rings. The van der Waals surface area contributed by atoms with Crippen molar-refractivity contribution in [3.05, 3.63) is 79.8 Å². The van der Waals surface area contributed by atoms with Gasteiger partial charge in [0.2, 0.25) is 0 Å². The van der Waals surface area contributed by atoms with Gasteiger partial charge in [-0.1, -0.05) is 29.8 Å². The van der Waals surface area contributed by atoms with Gasteiger partial charge in [-0.15, -0.1) is 11.3 Å². The first-order chi connectivity index (χ1) is 15.8. The highest BCUT2D eigenvalue weighted by atomic mass is 35.5. The van der Waals surface area contributed by atoms with Gasteiger partial charge in [-0.3, -0.25) is 4.79 Å². The lowest BCUT2D eigenvalue weighted by molar-refractivity contribution is -0.141. The van der Waals surface area contributed by atoms with E-state index in [-0.39, 0.29) is 24.4 Å². The summed E-state index contributed by atoms with van der Waals surface area (Å²) in [6.45, 7) is 6.21. The van der Waals surface area contributed by atoms with E-state index >= 15 is 0 Å². The number of dihydropyridines is 1. The van der Waals surface area contributed by atoms with Gasteiger partial charge in [0, 0.05) is 45.1 Å². The first kappa shape index (κ1) is 23.7. The van der Waals surface area contributed by atoms with Crippen LogP contribution < -0.4 is 5.32 Å². The van der Waals surface area contributed by atoms with Crippen molar-refractivity contribution < 1.29 is 19.1 Å². The molecule has 7 heteroatoms. The maximum atomic E-state index is 13.5. The van der Waals surface area contributed by atoms with Crippen molar-refractivity contribution in [2.45, 2.75) is 51.6 Å². The number of allylic oxidation sites excluding steroid dienone is 3. The molecule has 0 saturated carbocycles. The Morgan fingerprint density at radius 1 is 1.18 bits per heavy atom. The van der Waals surface area contributed by atoms with Crippen molar-refractivity contribution in [3.63, 3.8) is 0 Å². The molecule has 2 heterocycles. The number of Topliss-reactive ketones (excluding diaryl/α,β-unsaturated/α-hetero) is 1. The van der Waals surface area contributed by atoms with Gasteiger partial charge in [0.15, 0.2) is 5.78 Å². The molecule has 1 aliphatic heterocycles. The standard InChI is InChI=1S/C26H28ClNO4S/c1-15(2)31-10-11-32-26(30)23-16(3)28-20-13-18(22-5-4-12-33-22)14-21(29)25(20)24(23)17-6-8-19(27)9-7-17/h4-9,12,15,18,24,28H,10-11,13-14H2,1-3H3/t18-,24+/m1/s1. The minimum Gasteiger partial charge on any atom is -0.460 e. The maximum absolute atomic E-state index is 13.5. The number of rotatable bonds is 7. The number of ether oxygens (including phenoxy) is 2. The van der Waals surface area contributed by atoms with Crippen LogP contribution >= 0.6 is 22.9 Å². The Morgan fingerprint density at radius 3 is 2.61 bits per heavy atom. The molecule has 1 N–H and O–H groups in total. The molecule has 0 saturated heterocycles. The topological polar surface area (TPSA) is 64.6 Å². The largest absolute Gasteiger partial charge is 0.460 e. The summed E-state index contributed by atoms with van der Waals surface area (Å²) in [7, 11) is 0. The van der Waals surface area contributed by atoms with Gasteiger partial charge >= 0.3 is 5.97 Å². The van der Waals surface area contributed by atoms with Crippen molar-refractivity contribution in [1.82, 2.24) is 5.32 Å². The van der Waals surface area contributed by atoms with Crippen LogP contribution in [0.1, 0.15) is 55.9 Å². The van der Waals surface area contributed by atoms with Crippen molar-refractivity contribution in [2.24, 2.45) is 0 Å². The Kier molecular flexibility index (Phi) is 7.37. The lowest BCUT2D eigenvalue weighted by atomic mass is 9.72. The molecule has 0 spiro atoms. The molecule has 2 atom stereocenters. The summed E-state index contributed by atoms with van der Waals surface area (Å²) in [6.07, 6.45) is 1.22. The molecule has 174 valence electrons. The molecule has 4 rings (SSSR count). The van der Waals surface area contributed by atoms with Gasteiger partial charge in [0.25, 0.3) is 0 Å². The summed E-state index contributed by atoms with van der Waals surface area (Å²) in [5.74, 6) is -0.729. The van der Waals surface area contributed by atoms with E-state index < -0.39 is 11.9 Å². The first-order valence-corrected chi connectivity index (χ1v) is 12.4. The normalized spacial score (nSPS) is 20.7. The highest BCUT2D eigenvalue weighted by Crippen LogP contribution is 2.46. The number of esters is 1. The van der Waals surface area contributed by atoms with E-state index in [1.807, 2.05) is 44.4 Å². The average Bonchev–Trinajstić information content (AvgIpc) is 3.31. The molecule has 2 aromatic rings. The lowest BCUT2D eigenvalue weighted by Gasteiger charge is -2.36. The van der Waals surface area contributed by atoms with Crippen LogP contribution in [0.3, 0.4) is 0 Å². The number of hydrogen-bond donors (Lipinski definition) is 1. The van der Waals surface area contributed by atoms with Gasteiger partial charge in [-0.05, 0) is 56.3 Å². The van der Waals surface area contributed by atoms with Crippen molar-refractivity contribution in [2.75, 3.05) is 13.2 Å². The third kappa shape index (κ3) is 5.24. The van der Waals surface area contributed by atoms with Gasteiger partial charge in [0.05, 0.1) is 18.3 Å². The first-order valence-electron chi connectivity index (χ1n) is 11.2. The molecular formula is C26H28ClNO4S. The van der Waals surface area contributed by atoms with Gasteiger partial charge in [-0.25, -0.2) is 4.79 Å². The SMILES string of the molecule is CC1=C(C(=O)OCCOC(C)C)[C@H](c2ccc(Cl)cc2)C2=C(C[C@@H](c3cccs3)CC2=O)N1. The quantitative estimate of drug-likeness (QED) is 0.400. The number of thiophene rings is 1. The van der Waals surface area contributed by atoms with E-state index in [9.17, 15) is 9.59 Å². The van der Waals surface area contributed by atoms with E-state index in [0.717, 1.165) is 17.7 Å². The van der Waals surface area contributed by atoms with E-state index in [0.29, 0.717) is 34.9 Å². The molecule has 0 radical (unpaired) electrons. The Labute approximate surface area is 203 Å². The van der Waals surface area contributed by atoms with Crippen LogP contribution in [0.2, 0.25) is 5.02 Å². The third-order valence-corrected chi connectivity index (χ3v) is 7.25. The van der Waals surface area contributed by atoms with E-state index in [4.69, 9.17) is 21.1 Å². The molecule has 1 aromatic carbocycles. The summed E-state index contributed by atoms with van der Waals surface area (Å²) < 4.78 is 11.0. The second kappa shape index (κ2) is 10.2. The number of nitrogens with one attached hydrogen (secondary N) is 1. The predicted molar refractivity (Wildman–Crippen MR) is 130 cm³/mol. The molecule has 33 heavy (non-hydrogen) atoms. The average molecular weight is 486 g/mol. The number of halogens is 1. The van der Waals surface area contributed by atoms with Crippen LogP contribution in [0.4, 0.5) is 0 Å². The number of carbonyl (C=O) groups excluding carboxylic acids is 2. The Bertz CT molecular complexity index is 1090. The minimum atomic E-state index is -0.492. The van der Waals surface area contributed by atoms with Gasteiger partial charge < -0.3 is 14.8 Å². The number of benzene rings is 1. The fourth-order valence-corrected chi connectivity index (χ4v) is 5.48. The highest BCUT2D eigenvalue weighted by Gasteiger charge is 2.41. The van der Waals surface area contributed by atoms with Crippen LogP contribution in [0.15, 0.2) is 64.3 Å². The summed E-state index contributed by atoms with van der Waals surface area (Å²) in [5.41, 5.74) is 3.57. The second-order valence-electron chi connectivity index (χ2n) is 8.64. The van der Waals surface area contributed by atoms with Crippen LogP contribution in [0.5, 0.6) is 0 Å². The molecule has 5 nitrogen and oxygen atoms in total. The highest BCUT2D eigenvalue weighted by molar-refractivity contribution is 7.10. The third-order valence-electron chi connectivity index (χ3n) is 5.96. The molecule has 1 aliphatic carbocycles. The van der Waals surface area contributed by atoms with Crippen LogP contribution in [-0.4, -0.2) is 31.1 Å². The van der Waals surface area contributed by atoms with Crippen LogP contribution in [0.25, 0.3) is 0 Å². The summed E-state index contributed by atoms with van der Waals surface area (Å²) in [6, 6.07) is 11.4. The zero-order valence-electron chi connectivity index (χ0n) is 19.0. The molecule has 0 bridgehead atoms. The Morgan fingerprint density at radius 2 is 1.94 bits per heavy atom. The molecule has 0 unspecified atom stereocenters. The zero-order valence-corrected chi connectivity index (χ0v) is 20.6.